The van der Waals surface area contributed by atoms with Gasteiger partial charge in [-0.2, -0.15) is 30.7 Å². The molecule has 29 heavy (non-hydrogen) atoms. The van der Waals surface area contributed by atoms with E-state index in [1.54, 1.807) is 0 Å². The van der Waals surface area contributed by atoms with E-state index >= 15 is 0 Å². The molecule has 0 bridgehead atoms. The van der Waals surface area contributed by atoms with Crippen LogP contribution in [0.15, 0.2) is 0 Å². The minimum atomic E-state index is -6.50. The lowest BCUT2D eigenvalue weighted by molar-refractivity contribution is -0.344. The molecule has 2 nitrogen and oxygen atoms in total. The predicted molar refractivity (Wildman–Crippen MR) is 99.3 cm³/mol. The van der Waals surface area contributed by atoms with E-state index < -0.39 is 23.9 Å². The molecule has 0 aromatic rings. The van der Waals surface area contributed by atoms with Crippen LogP contribution < -0.4 is 5.32 Å². The molecule has 0 saturated carbocycles. The maximum atomic E-state index is 13.1. The van der Waals surface area contributed by atoms with E-state index in [1.807, 2.05) is 0 Å². The normalized spacial score (nSPS) is 13.0. The van der Waals surface area contributed by atoms with E-state index in [4.69, 9.17) is 0 Å². The molecule has 0 aliphatic heterocycles. The zero-order valence-electron chi connectivity index (χ0n) is 17.2. The van der Waals surface area contributed by atoms with Crippen LogP contribution in [0, 0.1) is 0 Å². The Hall–Kier alpha value is -1.02. The zero-order chi connectivity index (χ0) is 22.4. The first-order valence-electron chi connectivity index (χ1n) is 10.6. The van der Waals surface area contributed by atoms with Gasteiger partial charge in [-0.25, -0.2) is 0 Å². The molecule has 1 amide bonds. The summed E-state index contributed by atoms with van der Waals surface area (Å²) >= 11 is 0. The van der Waals surface area contributed by atoms with Crippen molar-refractivity contribution in [3.05, 3.63) is 0 Å². The van der Waals surface area contributed by atoms with E-state index in [9.17, 15) is 35.5 Å². The highest BCUT2D eigenvalue weighted by Crippen LogP contribution is 2.46. The number of carbonyl (C=O) groups excluding carboxylic acids is 1. The van der Waals surface area contributed by atoms with Crippen LogP contribution in [0.5, 0.6) is 0 Å². The van der Waals surface area contributed by atoms with Gasteiger partial charge < -0.3 is 5.32 Å². The van der Waals surface area contributed by atoms with Gasteiger partial charge in [0.2, 0.25) is 0 Å². The predicted octanol–water partition coefficient (Wildman–Crippen LogP) is 7.42. The van der Waals surface area contributed by atoms with Crippen LogP contribution in [-0.4, -0.2) is 30.5 Å². The lowest BCUT2D eigenvalue weighted by atomic mass is 10.0. The highest BCUT2D eigenvalue weighted by Gasteiger charge is 2.76. The zero-order valence-corrected chi connectivity index (χ0v) is 17.2. The van der Waals surface area contributed by atoms with Gasteiger partial charge in [-0.1, -0.05) is 90.4 Å². The second kappa shape index (κ2) is 14.1. The number of hydrogen-bond acceptors (Lipinski definition) is 1. The summed E-state index contributed by atoms with van der Waals surface area (Å²) in [5.41, 5.74) is 0. The molecule has 0 unspecified atom stereocenters. The van der Waals surface area contributed by atoms with Crippen molar-refractivity contribution in [2.75, 3.05) is 6.54 Å². The summed E-state index contributed by atoms with van der Waals surface area (Å²) in [6.07, 6.45) is 8.28. The average Bonchev–Trinajstić information content (AvgIpc) is 2.63. The van der Waals surface area contributed by atoms with Gasteiger partial charge in [0.1, 0.15) is 0 Å². The molecule has 0 aliphatic rings. The summed E-state index contributed by atoms with van der Waals surface area (Å²) < 4.78 is 87.6. The summed E-state index contributed by atoms with van der Waals surface area (Å²) in [6.45, 7) is 1.83. The van der Waals surface area contributed by atoms with Gasteiger partial charge in [0.25, 0.3) is 5.91 Å². The molecule has 174 valence electrons. The van der Waals surface area contributed by atoms with Crippen molar-refractivity contribution >= 4 is 5.91 Å². The summed E-state index contributed by atoms with van der Waals surface area (Å²) in [4.78, 5) is 11.1. The molecule has 0 saturated heterocycles. The van der Waals surface area contributed by atoms with Crippen LogP contribution in [0.2, 0.25) is 0 Å². The standard InChI is InChI=1S/C20H34F7NO/c1-2-3-4-5-6-7-8-9-10-11-12-13-14-15-16-28-17(29)18(21,22)19(23,24)20(25,26)27/h2-16H2,1H3,(H,28,29). The fraction of sp³-hybridized carbons (Fsp3) is 0.950. The SMILES string of the molecule is CCCCCCCCCCCCCCCCNC(=O)C(F)(F)C(F)(F)C(F)(F)F. The molecule has 0 rings (SSSR count). The van der Waals surface area contributed by atoms with Gasteiger partial charge in [-0.3, -0.25) is 4.79 Å². The second-order valence-corrected chi connectivity index (χ2v) is 7.50. The quantitative estimate of drug-likeness (QED) is 0.186. The van der Waals surface area contributed by atoms with Gasteiger partial charge in [0.15, 0.2) is 0 Å². The molecular weight excluding hydrogens is 403 g/mol. The highest BCUT2D eigenvalue weighted by atomic mass is 19.4. The molecule has 0 aromatic carbocycles. The van der Waals surface area contributed by atoms with Gasteiger partial charge in [0.05, 0.1) is 0 Å². The lowest BCUT2D eigenvalue weighted by Gasteiger charge is -2.27. The molecule has 0 atom stereocenters. The Morgan fingerprint density at radius 1 is 0.621 bits per heavy atom. The molecule has 0 spiro atoms. The molecule has 0 fully saturated rings. The van der Waals surface area contributed by atoms with E-state index in [0.717, 1.165) is 25.7 Å². The summed E-state index contributed by atoms with van der Waals surface area (Å²) in [6, 6.07) is 0. The van der Waals surface area contributed by atoms with E-state index in [1.165, 1.54) is 56.7 Å². The van der Waals surface area contributed by atoms with Crippen molar-refractivity contribution in [3.63, 3.8) is 0 Å². The molecule has 0 heterocycles. The first-order valence-corrected chi connectivity index (χ1v) is 10.6. The van der Waals surface area contributed by atoms with Crippen molar-refractivity contribution in [1.29, 1.82) is 0 Å². The molecule has 9 heteroatoms. The number of carbonyl (C=O) groups is 1. The molecule has 1 N–H and O–H groups in total. The Morgan fingerprint density at radius 3 is 1.31 bits per heavy atom. The number of rotatable bonds is 17. The maximum Gasteiger partial charge on any atom is 0.460 e. The van der Waals surface area contributed by atoms with Gasteiger partial charge >= 0.3 is 18.0 Å². The van der Waals surface area contributed by atoms with Crippen LogP contribution >= 0.6 is 0 Å². The third-order valence-electron chi connectivity index (χ3n) is 4.85. The summed E-state index contributed by atoms with van der Waals surface area (Å²) in [7, 11) is 0. The minimum absolute atomic E-state index is 0.247. The summed E-state index contributed by atoms with van der Waals surface area (Å²) in [5, 5.41) is 1.48. The van der Waals surface area contributed by atoms with Gasteiger partial charge in [-0.05, 0) is 6.42 Å². The van der Waals surface area contributed by atoms with Gasteiger partial charge in [-0.15, -0.1) is 0 Å². The molecule has 0 aliphatic carbocycles. The van der Waals surface area contributed by atoms with Crippen LogP contribution in [0.25, 0.3) is 0 Å². The number of unbranched alkanes of at least 4 members (excludes halogenated alkanes) is 13. The fourth-order valence-corrected chi connectivity index (χ4v) is 2.95. The third-order valence-corrected chi connectivity index (χ3v) is 4.85. The number of nitrogens with one attached hydrogen (secondary N) is 1. The summed E-state index contributed by atoms with van der Waals surface area (Å²) in [5.74, 6) is -14.8. The maximum absolute atomic E-state index is 13.1. The van der Waals surface area contributed by atoms with E-state index in [0.29, 0.717) is 6.42 Å². The van der Waals surface area contributed by atoms with Crippen LogP contribution in [0.1, 0.15) is 96.8 Å². The average molecular weight is 437 g/mol. The monoisotopic (exact) mass is 437 g/mol. The Morgan fingerprint density at radius 2 is 0.966 bits per heavy atom. The second-order valence-electron chi connectivity index (χ2n) is 7.50. The molecule has 0 aromatic heterocycles. The van der Waals surface area contributed by atoms with Crippen LogP contribution in [0.3, 0.4) is 0 Å². The number of amides is 1. The van der Waals surface area contributed by atoms with Crippen LogP contribution in [-0.2, 0) is 4.79 Å². The smallest absolute Gasteiger partial charge is 0.351 e. The van der Waals surface area contributed by atoms with Crippen molar-refractivity contribution in [2.24, 2.45) is 0 Å². The number of halogens is 7. The highest BCUT2D eigenvalue weighted by molar-refractivity contribution is 5.84. The largest absolute Gasteiger partial charge is 0.460 e. The van der Waals surface area contributed by atoms with Crippen molar-refractivity contribution in [2.45, 2.75) is 115 Å². The Labute approximate surface area is 169 Å². The number of alkyl halides is 7. The topological polar surface area (TPSA) is 29.1 Å². The van der Waals surface area contributed by atoms with Crippen molar-refractivity contribution in [3.8, 4) is 0 Å². The molecule has 0 radical (unpaired) electrons. The fourth-order valence-electron chi connectivity index (χ4n) is 2.95. The van der Waals surface area contributed by atoms with Gasteiger partial charge in [0, 0.05) is 6.54 Å². The van der Waals surface area contributed by atoms with E-state index in [2.05, 4.69) is 6.92 Å². The van der Waals surface area contributed by atoms with Crippen molar-refractivity contribution in [1.82, 2.24) is 5.32 Å². The van der Waals surface area contributed by atoms with E-state index in [-0.39, 0.29) is 13.0 Å². The Bertz CT molecular complexity index is 439. The number of hydrogen-bond donors (Lipinski definition) is 1. The first-order chi connectivity index (χ1) is 13.5. The Balaban J connectivity index is 3.67. The molecular formula is C20H34F7NO. The first kappa shape index (κ1) is 28.0. The van der Waals surface area contributed by atoms with Crippen LogP contribution in [0.4, 0.5) is 30.7 Å². The van der Waals surface area contributed by atoms with Crippen molar-refractivity contribution < 1.29 is 35.5 Å². The minimum Gasteiger partial charge on any atom is -0.351 e. The third kappa shape index (κ3) is 10.5. The Kier molecular flexibility index (Phi) is 13.6. The lowest BCUT2D eigenvalue weighted by Crippen LogP contribution is -2.59.